The van der Waals surface area contributed by atoms with E-state index in [4.69, 9.17) is 11.6 Å². The van der Waals surface area contributed by atoms with Crippen LogP contribution in [-0.4, -0.2) is 65.7 Å². The first-order valence-corrected chi connectivity index (χ1v) is 8.02. The Labute approximate surface area is 131 Å². The maximum atomic E-state index is 6.07. The number of fused-ring (bicyclic) bond motifs is 1. The largest absolute Gasteiger partial charge is 0.347 e. The molecule has 0 bridgehead atoms. The summed E-state index contributed by atoms with van der Waals surface area (Å²) in [5.74, 6) is 1.32. The monoisotopic (exact) mass is 310 g/mol. The number of hydrogen-bond acceptors (Lipinski definition) is 6. The van der Waals surface area contributed by atoms with Crippen molar-refractivity contribution in [3.05, 3.63) is 5.28 Å². The van der Waals surface area contributed by atoms with E-state index < -0.39 is 0 Å². The first kappa shape index (κ1) is 14.8. The zero-order chi connectivity index (χ0) is 15.0. The highest BCUT2D eigenvalue weighted by Gasteiger charge is 2.34. The average molecular weight is 311 g/mol. The molecule has 0 spiro atoms. The number of hydrogen-bond donors (Lipinski definition) is 0. The summed E-state index contributed by atoms with van der Waals surface area (Å²) in [6, 6.07) is 1.01. The van der Waals surface area contributed by atoms with Crippen molar-refractivity contribution in [1.29, 1.82) is 0 Å². The summed E-state index contributed by atoms with van der Waals surface area (Å²) in [5.41, 5.74) is 0. The third-order valence-corrected chi connectivity index (χ3v) is 4.60. The summed E-state index contributed by atoms with van der Waals surface area (Å²) < 4.78 is 0. The van der Waals surface area contributed by atoms with Gasteiger partial charge in [-0.25, -0.2) is 0 Å². The van der Waals surface area contributed by atoms with Gasteiger partial charge in [-0.2, -0.15) is 15.0 Å². The molecule has 0 N–H and O–H groups in total. The van der Waals surface area contributed by atoms with Crippen LogP contribution in [0.3, 0.4) is 0 Å². The Morgan fingerprint density at radius 2 is 1.95 bits per heavy atom. The van der Waals surface area contributed by atoms with Crippen molar-refractivity contribution in [3.63, 3.8) is 0 Å². The van der Waals surface area contributed by atoms with Gasteiger partial charge in [-0.3, -0.25) is 4.90 Å². The molecule has 0 amide bonds. The van der Waals surface area contributed by atoms with E-state index >= 15 is 0 Å². The molecule has 2 fully saturated rings. The van der Waals surface area contributed by atoms with Gasteiger partial charge in [0.1, 0.15) is 0 Å². The van der Waals surface area contributed by atoms with Crippen LogP contribution in [0.4, 0.5) is 11.9 Å². The summed E-state index contributed by atoms with van der Waals surface area (Å²) in [6.07, 6.45) is 3.92. The standard InChI is InChI=1S/C14H23ClN6/c1-10-8-20-7-5-4-6-11(20)9-21(10)14-17-12(15)16-13(18-14)19(2)3/h10-11H,4-9H2,1-3H3. The molecule has 116 valence electrons. The van der Waals surface area contributed by atoms with Gasteiger partial charge in [-0.05, 0) is 37.9 Å². The molecule has 0 saturated carbocycles. The van der Waals surface area contributed by atoms with Gasteiger partial charge >= 0.3 is 0 Å². The van der Waals surface area contributed by atoms with E-state index in [1.807, 2.05) is 19.0 Å². The number of rotatable bonds is 2. The average Bonchev–Trinajstić information content (AvgIpc) is 2.45. The topological polar surface area (TPSA) is 48.4 Å². The summed E-state index contributed by atoms with van der Waals surface area (Å²) >= 11 is 6.07. The zero-order valence-corrected chi connectivity index (χ0v) is 13.7. The molecule has 2 atom stereocenters. The van der Waals surface area contributed by atoms with Crippen LogP contribution in [0.25, 0.3) is 0 Å². The third-order valence-electron chi connectivity index (χ3n) is 4.43. The third kappa shape index (κ3) is 3.06. The molecular formula is C14H23ClN6. The maximum Gasteiger partial charge on any atom is 0.231 e. The molecule has 2 aliphatic rings. The minimum atomic E-state index is 0.266. The van der Waals surface area contributed by atoms with Crippen molar-refractivity contribution >= 4 is 23.5 Å². The van der Waals surface area contributed by atoms with Crippen LogP contribution in [0.1, 0.15) is 26.2 Å². The Hall–Kier alpha value is -1.14. The van der Waals surface area contributed by atoms with E-state index in [-0.39, 0.29) is 5.28 Å². The molecule has 3 rings (SSSR count). The Morgan fingerprint density at radius 1 is 1.14 bits per heavy atom. The van der Waals surface area contributed by atoms with Crippen molar-refractivity contribution in [2.45, 2.75) is 38.3 Å². The summed E-state index contributed by atoms with van der Waals surface area (Å²) in [4.78, 5) is 19.8. The van der Waals surface area contributed by atoms with Gasteiger partial charge < -0.3 is 9.80 Å². The van der Waals surface area contributed by atoms with E-state index in [1.54, 1.807) is 0 Å². The van der Waals surface area contributed by atoms with E-state index in [9.17, 15) is 0 Å². The Balaban J connectivity index is 1.85. The number of piperidine rings is 1. The number of piperazine rings is 1. The number of nitrogens with zero attached hydrogens (tertiary/aromatic N) is 6. The van der Waals surface area contributed by atoms with Crippen LogP contribution in [0.15, 0.2) is 0 Å². The first-order valence-electron chi connectivity index (χ1n) is 7.64. The molecule has 6 nitrogen and oxygen atoms in total. The van der Waals surface area contributed by atoms with Crippen LogP contribution in [0.2, 0.25) is 5.28 Å². The van der Waals surface area contributed by atoms with E-state index in [0.29, 0.717) is 24.0 Å². The molecule has 0 radical (unpaired) electrons. The quantitative estimate of drug-likeness (QED) is 0.828. The minimum Gasteiger partial charge on any atom is -0.347 e. The van der Waals surface area contributed by atoms with Crippen LogP contribution >= 0.6 is 11.6 Å². The fourth-order valence-electron chi connectivity index (χ4n) is 3.29. The molecule has 1 aromatic heterocycles. The molecule has 2 unspecified atom stereocenters. The lowest BCUT2D eigenvalue weighted by molar-refractivity contribution is 0.115. The predicted molar refractivity (Wildman–Crippen MR) is 85.2 cm³/mol. The van der Waals surface area contributed by atoms with Gasteiger partial charge in [0.25, 0.3) is 0 Å². The summed E-state index contributed by atoms with van der Waals surface area (Å²) in [6.45, 7) is 5.52. The lowest BCUT2D eigenvalue weighted by Crippen LogP contribution is -2.59. The van der Waals surface area contributed by atoms with Gasteiger partial charge in [0.2, 0.25) is 17.2 Å². The molecule has 2 saturated heterocycles. The fraction of sp³-hybridized carbons (Fsp3) is 0.786. The van der Waals surface area contributed by atoms with Gasteiger partial charge in [0, 0.05) is 39.3 Å². The van der Waals surface area contributed by atoms with Crippen molar-refractivity contribution < 1.29 is 0 Å². The lowest BCUT2D eigenvalue weighted by atomic mass is 9.97. The van der Waals surface area contributed by atoms with Crippen molar-refractivity contribution in [3.8, 4) is 0 Å². The summed E-state index contributed by atoms with van der Waals surface area (Å²) in [5, 5.41) is 0.266. The second-order valence-electron chi connectivity index (χ2n) is 6.24. The zero-order valence-electron chi connectivity index (χ0n) is 13.0. The molecule has 7 heteroatoms. The highest BCUT2D eigenvalue weighted by atomic mass is 35.5. The second-order valence-corrected chi connectivity index (χ2v) is 6.58. The van der Waals surface area contributed by atoms with Crippen LogP contribution in [-0.2, 0) is 0 Å². The maximum absolute atomic E-state index is 6.07. The second kappa shape index (κ2) is 5.93. The Kier molecular flexibility index (Phi) is 4.17. The predicted octanol–water partition coefficient (Wildman–Crippen LogP) is 1.65. The summed E-state index contributed by atoms with van der Waals surface area (Å²) in [7, 11) is 3.83. The van der Waals surface area contributed by atoms with Crippen molar-refractivity contribution in [2.75, 3.05) is 43.5 Å². The molecule has 2 aliphatic heterocycles. The highest BCUT2D eigenvalue weighted by molar-refractivity contribution is 6.28. The Bertz CT molecular complexity index is 508. The van der Waals surface area contributed by atoms with Crippen LogP contribution < -0.4 is 9.80 Å². The molecule has 0 aromatic carbocycles. The fourth-order valence-corrected chi connectivity index (χ4v) is 3.44. The van der Waals surface area contributed by atoms with Crippen molar-refractivity contribution in [2.24, 2.45) is 0 Å². The van der Waals surface area contributed by atoms with Crippen LogP contribution in [0.5, 0.6) is 0 Å². The number of halogens is 1. The van der Waals surface area contributed by atoms with Gasteiger partial charge in [-0.15, -0.1) is 0 Å². The van der Waals surface area contributed by atoms with E-state index in [2.05, 4.69) is 31.7 Å². The number of aromatic nitrogens is 3. The molecule has 0 aliphatic carbocycles. The van der Waals surface area contributed by atoms with Gasteiger partial charge in [-0.1, -0.05) is 6.42 Å². The van der Waals surface area contributed by atoms with E-state index in [0.717, 1.165) is 13.1 Å². The normalized spacial score (nSPS) is 26.6. The van der Waals surface area contributed by atoms with Gasteiger partial charge in [0.05, 0.1) is 0 Å². The first-order chi connectivity index (χ1) is 10.0. The smallest absolute Gasteiger partial charge is 0.231 e. The van der Waals surface area contributed by atoms with Gasteiger partial charge in [0.15, 0.2) is 0 Å². The number of anilines is 2. The molecule has 21 heavy (non-hydrogen) atoms. The highest BCUT2D eigenvalue weighted by Crippen LogP contribution is 2.27. The SMILES string of the molecule is CC1CN2CCCCC2CN1c1nc(Cl)nc(N(C)C)n1. The molecule has 1 aromatic rings. The minimum absolute atomic E-state index is 0.266. The van der Waals surface area contributed by atoms with Crippen molar-refractivity contribution in [1.82, 2.24) is 19.9 Å². The molecule has 3 heterocycles. The molecular weight excluding hydrogens is 288 g/mol. The lowest BCUT2D eigenvalue weighted by Gasteiger charge is -2.47. The van der Waals surface area contributed by atoms with Crippen LogP contribution in [0, 0.1) is 0 Å². The Morgan fingerprint density at radius 3 is 2.71 bits per heavy atom. The van der Waals surface area contributed by atoms with E-state index in [1.165, 1.54) is 25.8 Å².